The molecule has 1 aromatic heterocycles. The molecule has 2 amide bonds. The summed E-state index contributed by atoms with van der Waals surface area (Å²) >= 11 is 0. The summed E-state index contributed by atoms with van der Waals surface area (Å²) in [6.45, 7) is 1.11. The van der Waals surface area contributed by atoms with Crippen LogP contribution < -0.4 is 0 Å². The highest BCUT2D eigenvalue weighted by Crippen LogP contribution is 2.35. The maximum atomic E-state index is 13.4. The summed E-state index contributed by atoms with van der Waals surface area (Å²) in [5.74, 6) is -0.847. The number of nitro groups is 1. The van der Waals surface area contributed by atoms with E-state index < -0.39 is 16.7 Å². The van der Waals surface area contributed by atoms with Crippen LogP contribution in [0, 0.1) is 16.0 Å². The number of aromatic nitrogens is 1. The zero-order valence-corrected chi connectivity index (χ0v) is 16.8. The lowest BCUT2D eigenvalue weighted by Crippen LogP contribution is -2.40. The van der Waals surface area contributed by atoms with E-state index in [0.717, 1.165) is 17.7 Å². The fourth-order valence-electron chi connectivity index (χ4n) is 4.08. The molecule has 0 radical (unpaired) electrons. The molecule has 1 aromatic carbocycles. The highest BCUT2D eigenvalue weighted by molar-refractivity contribution is 6.35. The van der Waals surface area contributed by atoms with Crippen LogP contribution in [0.3, 0.4) is 0 Å². The standard InChI is InChI=1S/C22H22N4O5/c27-14-15-4-3-11-24(12-15)20-19(16-6-8-18(9-7-16)26(30)31)21(28)25(22(20)29)13-17-5-1-2-10-23-17/h1-2,5-10,15,27H,3-4,11-14H2. The average molecular weight is 422 g/mol. The summed E-state index contributed by atoms with van der Waals surface area (Å²) in [5.41, 5.74) is 1.46. The lowest BCUT2D eigenvalue weighted by molar-refractivity contribution is -0.384. The van der Waals surface area contributed by atoms with E-state index in [-0.39, 0.29) is 36.0 Å². The molecular weight excluding hydrogens is 400 g/mol. The first kappa shape index (κ1) is 20.7. The second kappa shape index (κ2) is 8.65. The summed E-state index contributed by atoms with van der Waals surface area (Å²) in [6, 6.07) is 10.9. The van der Waals surface area contributed by atoms with Gasteiger partial charge < -0.3 is 10.0 Å². The second-order valence-corrected chi connectivity index (χ2v) is 7.68. The molecule has 0 saturated carbocycles. The molecule has 2 aromatic rings. The van der Waals surface area contributed by atoms with Crippen molar-refractivity contribution in [3.8, 4) is 0 Å². The predicted molar refractivity (Wildman–Crippen MR) is 111 cm³/mol. The number of likely N-dealkylation sites (tertiary alicyclic amines) is 1. The van der Waals surface area contributed by atoms with Crippen molar-refractivity contribution in [2.75, 3.05) is 19.7 Å². The number of carbonyl (C=O) groups excluding carboxylic acids is 2. The zero-order chi connectivity index (χ0) is 22.0. The molecular formula is C22H22N4O5. The van der Waals surface area contributed by atoms with Crippen molar-refractivity contribution in [2.45, 2.75) is 19.4 Å². The van der Waals surface area contributed by atoms with Crippen LogP contribution in [-0.2, 0) is 16.1 Å². The van der Waals surface area contributed by atoms with Gasteiger partial charge in [-0.25, -0.2) is 0 Å². The third kappa shape index (κ3) is 4.04. The zero-order valence-electron chi connectivity index (χ0n) is 16.8. The van der Waals surface area contributed by atoms with Gasteiger partial charge in [-0.3, -0.25) is 29.6 Å². The Kier molecular flexibility index (Phi) is 5.77. The van der Waals surface area contributed by atoms with Gasteiger partial charge in [-0.1, -0.05) is 6.07 Å². The van der Waals surface area contributed by atoms with Crippen molar-refractivity contribution >= 4 is 23.1 Å². The van der Waals surface area contributed by atoms with Crippen molar-refractivity contribution in [1.29, 1.82) is 0 Å². The predicted octanol–water partition coefficient (Wildman–Crippen LogP) is 1.97. The van der Waals surface area contributed by atoms with Gasteiger partial charge in [0.05, 0.1) is 22.7 Å². The minimum atomic E-state index is -0.509. The molecule has 3 heterocycles. The molecule has 2 aliphatic rings. The molecule has 9 nitrogen and oxygen atoms in total. The molecule has 31 heavy (non-hydrogen) atoms. The van der Waals surface area contributed by atoms with Gasteiger partial charge in [0.15, 0.2) is 0 Å². The number of nitrogens with zero attached hydrogens (tertiary/aromatic N) is 4. The van der Waals surface area contributed by atoms with Crippen LogP contribution in [-0.4, -0.2) is 56.3 Å². The van der Waals surface area contributed by atoms with Crippen molar-refractivity contribution in [3.05, 3.63) is 75.7 Å². The smallest absolute Gasteiger partial charge is 0.278 e. The van der Waals surface area contributed by atoms with E-state index >= 15 is 0 Å². The van der Waals surface area contributed by atoms with Gasteiger partial charge in [-0.05, 0) is 48.6 Å². The number of hydrogen-bond acceptors (Lipinski definition) is 7. The molecule has 0 aliphatic carbocycles. The Morgan fingerprint density at radius 1 is 1.13 bits per heavy atom. The van der Waals surface area contributed by atoms with E-state index in [1.165, 1.54) is 24.3 Å². The average Bonchev–Trinajstić information content (AvgIpc) is 3.04. The minimum Gasteiger partial charge on any atom is -0.396 e. The van der Waals surface area contributed by atoms with Crippen LogP contribution in [0.1, 0.15) is 24.1 Å². The quantitative estimate of drug-likeness (QED) is 0.430. The number of carbonyl (C=O) groups is 2. The van der Waals surface area contributed by atoms with Crippen molar-refractivity contribution in [1.82, 2.24) is 14.8 Å². The molecule has 1 saturated heterocycles. The van der Waals surface area contributed by atoms with Gasteiger partial charge in [-0.15, -0.1) is 0 Å². The number of aliphatic hydroxyl groups is 1. The number of rotatable bonds is 6. The van der Waals surface area contributed by atoms with Crippen LogP contribution in [0.5, 0.6) is 0 Å². The lowest BCUT2D eigenvalue weighted by Gasteiger charge is -2.34. The Hall–Kier alpha value is -3.59. The minimum absolute atomic E-state index is 0.0103. The number of piperidine rings is 1. The molecule has 0 spiro atoms. The number of non-ortho nitro benzene ring substituents is 1. The molecule has 1 N–H and O–H groups in total. The SMILES string of the molecule is O=C1C(c2ccc([N+](=O)[O-])cc2)=C(N2CCCC(CO)C2)C(=O)N1Cc1ccccn1. The third-order valence-electron chi connectivity index (χ3n) is 5.65. The summed E-state index contributed by atoms with van der Waals surface area (Å²) in [5, 5.41) is 20.6. The van der Waals surface area contributed by atoms with E-state index in [9.17, 15) is 24.8 Å². The Bertz CT molecular complexity index is 1040. The Morgan fingerprint density at radius 2 is 1.90 bits per heavy atom. The van der Waals surface area contributed by atoms with Crippen LogP contribution in [0.2, 0.25) is 0 Å². The Labute approximate surface area is 178 Å². The number of imide groups is 1. The fourth-order valence-corrected chi connectivity index (χ4v) is 4.08. The van der Waals surface area contributed by atoms with Crippen LogP contribution in [0.25, 0.3) is 5.57 Å². The summed E-state index contributed by atoms with van der Waals surface area (Å²) in [7, 11) is 0. The van der Waals surface area contributed by atoms with Gasteiger partial charge in [0.1, 0.15) is 5.70 Å². The molecule has 0 bridgehead atoms. The van der Waals surface area contributed by atoms with Gasteiger partial charge >= 0.3 is 0 Å². The van der Waals surface area contributed by atoms with Crippen LogP contribution >= 0.6 is 0 Å². The van der Waals surface area contributed by atoms with Crippen molar-refractivity contribution in [2.24, 2.45) is 5.92 Å². The van der Waals surface area contributed by atoms with Gasteiger partial charge in [-0.2, -0.15) is 0 Å². The maximum Gasteiger partial charge on any atom is 0.278 e. The third-order valence-corrected chi connectivity index (χ3v) is 5.65. The summed E-state index contributed by atoms with van der Waals surface area (Å²) < 4.78 is 0. The summed E-state index contributed by atoms with van der Waals surface area (Å²) in [4.78, 5) is 44.5. The van der Waals surface area contributed by atoms with Crippen molar-refractivity contribution in [3.63, 3.8) is 0 Å². The van der Waals surface area contributed by atoms with E-state index in [0.29, 0.717) is 24.3 Å². The number of benzene rings is 1. The molecule has 1 fully saturated rings. The first-order chi connectivity index (χ1) is 15.0. The highest BCUT2D eigenvalue weighted by Gasteiger charge is 2.42. The van der Waals surface area contributed by atoms with Gasteiger partial charge in [0.2, 0.25) is 0 Å². The van der Waals surface area contributed by atoms with E-state index in [1.807, 2.05) is 4.90 Å². The van der Waals surface area contributed by atoms with Crippen molar-refractivity contribution < 1.29 is 19.6 Å². The monoisotopic (exact) mass is 422 g/mol. The first-order valence-corrected chi connectivity index (χ1v) is 10.1. The van der Waals surface area contributed by atoms with Crippen LogP contribution in [0.15, 0.2) is 54.4 Å². The first-order valence-electron chi connectivity index (χ1n) is 10.1. The molecule has 160 valence electrons. The molecule has 1 atom stereocenters. The number of hydrogen-bond donors (Lipinski definition) is 1. The normalized spacial score (nSPS) is 19.3. The Balaban J connectivity index is 1.74. The molecule has 9 heteroatoms. The lowest BCUT2D eigenvalue weighted by atomic mass is 9.97. The number of aliphatic hydroxyl groups excluding tert-OH is 1. The maximum absolute atomic E-state index is 13.4. The molecule has 1 unspecified atom stereocenters. The van der Waals surface area contributed by atoms with Crippen LogP contribution in [0.4, 0.5) is 5.69 Å². The fraction of sp³-hybridized carbons (Fsp3) is 0.318. The molecule has 4 rings (SSSR count). The molecule has 2 aliphatic heterocycles. The van der Waals surface area contributed by atoms with E-state index in [1.54, 1.807) is 24.4 Å². The van der Waals surface area contributed by atoms with Gasteiger partial charge in [0.25, 0.3) is 17.5 Å². The topological polar surface area (TPSA) is 117 Å². The van der Waals surface area contributed by atoms with E-state index in [2.05, 4.69) is 4.98 Å². The Morgan fingerprint density at radius 3 is 2.55 bits per heavy atom. The summed E-state index contributed by atoms with van der Waals surface area (Å²) in [6.07, 6.45) is 3.25. The highest BCUT2D eigenvalue weighted by atomic mass is 16.6. The second-order valence-electron chi connectivity index (χ2n) is 7.68. The van der Waals surface area contributed by atoms with Gasteiger partial charge in [0, 0.05) is 38.0 Å². The number of nitro benzene ring substituents is 1. The van der Waals surface area contributed by atoms with E-state index in [4.69, 9.17) is 0 Å². The number of pyridine rings is 1. The number of amides is 2. The largest absolute Gasteiger partial charge is 0.396 e.